The van der Waals surface area contributed by atoms with E-state index in [1.807, 2.05) is 19.1 Å². The average molecular weight is 307 g/mol. The number of esters is 1. The van der Waals surface area contributed by atoms with Gasteiger partial charge in [0.1, 0.15) is 5.58 Å². The van der Waals surface area contributed by atoms with Gasteiger partial charge < -0.3 is 14.1 Å². The zero-order chi connectivity index (χ0) is 15.6. The molecule has 0 bridgehead atoms. The second-order valence-corrected chi connectivity index (χ2v) is 5.72. The van der Waals surface area contributed by atoms with Crippen molar-refractivity contribution in [1.29, 1.82) is 0 Å². The summed E-state index contributed by atoms with van der Waals surface area (Å²) in [6.45, 7) is 3.86. The Morgan fingerprint density at radius 2 is 2.05 bits per heavy atom. The zero-order valence-electron chi connectivity index (χ0n) is 12.4. The summed E-state index contributed by atoms with van der Waals surface area (Å²) in [4.78, 5) is 25.8. The molecule has 6 heteroatoms. The molecule has 1 amide bonds. The Labute approximate surface area is 127 Å². The number of nitrogens with zero attached hydrogens (tertiary/aromatic N) is 1. The second kappa shape index (κ2) is 6.22. The summed E-state index contributed by atoms with van der Waals surface area (Å²) in [6, 6.07) is 5.45. The third-order valence-corrected chi connectivity index (χ3v) is 3.97. The number of hydrogen-bond donors (Lipinski definition) is 0. The first kappa shape index (κ1) is 15.4. The Balaban J connectivity index is 2.36. The topological polar surface area (TPSA) is 59.8 Å². The van der Waals surface area contributed by atoms with Crippen molar-refractivity contribution in [2.45, 2.75) is 18.7 Å². The van der Waals surface area contributed by atoms with Gasteiger partial charge in [0.2, 0.25) is 5.76 Å². The molecule has 0 spiro atoms. The van der Waals surface area contributed by atoms with Crippen LogP contribution in [-0.2, 0) is 4.74 Å². The smallest absolute Gasteiger partial charge is 0.374 e. The monoisotopic (exact) mass is 307 g/mol. The first-order valence-corrected chi connectivity index (χ1v) is 7.35. The second-order valence-electron chi connectivity index (χ2n) is 4.70. The number of amides is 1. The SMILES string of the molecule is CCOC(=O)c1oc2cc(SC(=O)N(C)C)ccc2c1C. The largest absolute Gasteiger partial charge is 0.460 e. The van der Waals surface area contributed by atoms with Crippen LogP contribution in [0.5, 0.6) is 0 Å². The lowest BCUT2D eigenvalue weighted by atomic mass is 10.1. The van der Waals surface area contributed by atoms with E-state index in [-0.39, 0.29) is 11.0 Å². The van der Waals surface area contributed by atoms with Gasteiger partial charge in [-0.3, -0.25) is 4.79 Å². The number of furan rings is 1. The van der Waals surface area contributed by atoms with Crippen LogP contribution in [0, 0.1) is 6.92 Å². The summed E-state index contributed by atoms with van der Waals surface area (Å²) >= 11 is 1.11. The molecule has 0 radical (unpaired) electrons. The number of hydrogen-bond acceptors (Lipinski definition) is 5. The highest BCUT2D eigenvalue weighted by molar-refractivity contribution is 8.13. The van der Waals surface area contributed by atoms with Crippen LogP contribution < -0.4 is 0 Å². The third kappa shape index (κ3) is 3.21. The lowest BCUT2D eigenvalue weighted by Gasteiger charge is -2.08. The minimum absolute atomic E-state index is 0.0664. The summed E-state index contributed by atoms with van der Waals surface area (Å²) in [6.07, 6.45) is 0. The maximum absolute atomic E-state index is 11.8. The van der Waals surface area contributed by atoms with Crippen LogP contribution in [0.1, 0.15) is 23.0 Å². The molecular weight excluding hydrogens is 290 g/mol. The number of aryl methyl sites for hydroxylation is 1. The normalized spacial score (nSPS) is 10.7. The van der Waals surface area contributed by atoms with Gasteiger partial charge in [-0.2, -0.15) is 0 Å². The van der Waals surface area contributed by atoms with Crippen molar-refractivity contribution < 1.29 is 18.7 Å². The van der Waals surface area contributed by atoms with E-state index >= 15 is 0 Å². The maximum atomic E-state index is 11.8. The fraction of sp³-hybridized carbons (Fsp3) is 0.333. The van der Waals surface area contributed by atoms with Crippen molar-refractivity contribution >= 4 is 33.9 Å². The van der Waals surface area contributed by atoms with Crippen molar-refractivity contribution in [3.05, 3.63) is 29.5 Å². The molecule has 0 aliphatic heterocycles. The van der Waals surface area contributed by atoms with Crippen molar-refractivity contribution in [3.63, 3.8) is 0 Å². The van der Waals surface area contributed by atoms with E-state index < -0.39 is 5.97 Å². The molecule has 0 aliphatic rings. The molecule has 0 N–H and O–H groups in total. The van der Waals surface area contributed by atoms with Gasteiger partial charge in [0, 0.05) is 29.9 Å². The first-order valence-electron chi connectivity index (χ1n) is 6.53. The molecule has 0 atom stereocenters. The molecule has 112 valence electrons. The van der Waals surface area contributed by atoms with E-state index in [9.17, 15) is 9.59 Å². The van der Waals surface area contributed by atoms with E-state index in [0.29, 0.717) is 12.2 Å². The van der Waals surface area contributed by atoms with Gasteiger partial charge in [-0.05, 0) is 43.8 Å². The van der Waals surface area contributed by atoms with E-state index in [1.165, 1.54) is 4.90 Å². The van der Waals surface area contributed by atoms with E-state index in [4.69, 9.17) is 9.15 Å². The Hall–Kier alpha value is -1.95. The fourth-order valence-electron chi connectivity index (χ4n) is 1.85. The number of benzene rings is 1. The summed E-state index contributed by atoms with van der Waals surface area (Å²) in [5.41, 5.74) is 1.33. The Bertz CT molecular complexity index is 690. The molecule has 1 aromatic heterocycles. The first-order chi connectivity index (χ1) is 9.93. The summed E-state index contributed by atoms with van der Waals surface area (Å²) in [5.74, 6) is -0.252. The van der Waals surface area contributed by atoms with Gasteiger partial charge in [0.15, 0.2) is 0 Å². The van der Waals surface area contributed by atoms with Gasteiger partial charge in [0.05, 0.1) is 6.61 Å². The molecule has 2 rings (SSSR count). The minimum atomic E-state index is -0.468. The quantitative estimate of drug-likeness (QED) is 0.639. The predicted molar refractivity (Wildman–Crippen MR) is 81.8 cm³/mol. The standard InChI is InChI=1S/C15H17NO4S/c1-5-19-14(17)13-9(2)11-7-6-10(8-12(11)20-13)21-15(18)16(3)4/h6-8H,5H2,1-4H3. The number of fused-ring (bicyclic) bond motifs is 1. The molecule has 0 fully saturated rings. The lowest BCUT2D eigenvalue weighted by molar-refractivity contribution is 0.0491. The predicted octanol–water partition coefficient (Wildman–Crippen LogP) is 3.69. The molecule has 1 aromatic carbocycles. The summed E-state index contributed by atoms with van der Waals surface area (Å²) in [7, 11) is 3.40. The van der Waals surface area contributed by atoms with E-state index in [1.54, 1.807) is 27.1 Å². The molecule has 0 saturated carbocycles. The molecule has 21 heavy (non-hydrogen) atoms. The molecular formula is C15H17NO4S. The van der Waals surface area contributed by atoms with Crippen molar-refractivity contribution in [2.75, 3.05) is 20.7 Å². The fourth-order valence-corrected chi connectivity index (χ4v) is 2.54. The van der Waals surface area contributed by atoms with Gasteiger partial charge >= 0.3 is 5.97 Å². The Morgan fingerprint density at radius 3 is 2.67 bits per heavy atom. The van der Waals surface area contributed by atoms with E-state index in [2.05, 4.69) is 0 Å². The maximum Gasteiger partial charge on any atom is 0.374 e. The van der Waals surface area contributed by atoms with Crippen LogP contribution in [0.3, 0.4) is 0 Å². The van der Waals surface area contributed by atoms with Crippen molar-refractivity contribution in [2.24, 2.45) is 0 Å². The van der Waals surface area contributed by atoms with Gasteiger partial charge in [-0.15, -0.1) is 0 Å². The van der Waals surface area contributed by atoms with Gasteiger partial charge in [-0.1, -0.05) is 0 Å². The number of carbonyl (C=O) groups excluding carboxylic acids is 2. The highest BCUT2D eigenvalue weighted by Crippen LogP contribution is 2.30. The van der Waals surface area contributed by atoms with Crippen LogP contribution in [0.4, 0.5) is 4.79 Å². The minimum Gasteiger partial charge on any atom is -0.460 e. The van der Waals surface area contributed by atoms with Crippen molar-refractivity contribution in [1.82, 2.24) is 4.90 Å². The Morgan fingerprint density at radius 1 is 1.33 bits per heavy atom. The molecule has 0 aliphatic carbocycles. The number of thioether (sulfide) groups is 1. The molecule has 5 nitrogen and oxygen atoms in total. The van der Waals surface area contributed by atoms with Crippen LogP contribution in [0.25, 0.3) is 11.0 Å². The van der Waals surface area contributed by atoms with Crippen LogP contribution in [-0.4, -0.2) is 36.8 Å². The number of ether oxygens (including phenoxy) is 1. The molecule has 0 unspecified atom stereocenters. The summed E-state index contributed by atoms with van der Waals surface area (Å²) in [5, 5.41) is 0.781. The Kier molecular flexibility index (Phi) is 4.57. The highest BCUT2D eigenvalue weighted by Gasteiger charge is 2.19. The van der Waals surface area contributed by atoms with Crippen LogP contribution in [0.2, 0.25) is 0 Å². The van der Waals surface area contributed by atoms with Gasteiger partial charge in [0.25, 0.3) is 5.24 Å². The average Bonchev–Trinajstić information content (AvgIpc) is 2.76. The summed E-state index contributed by atoms with van der Waals surface area (Å²) < 4.78 is 10.5. The van der Waals surface area contributed by atoms with Crippen LogP contribution >= 0.6 is 11.8 Å². The van der Waals surface area contributed by atoms with Gasteiger partial charge in [-0.25, -0.2) is 4.79 Å². The van der Waals surface area contributed by atoms with Crippen molar-refractivity contribution in [3.8, 4) is 0 Å². The van der Waals surface area contributed by atoms with Crippen LogP contribution in [0.15, 0.2) is 27.5 Å². The molecule has 2 aromatic rings. The highest BCUT2D eigenvalue weighted by atomic mass is 32.2. The number of carbonyl (C=O) groups is 2. The van der Waals surface area contributed by atoms with E-state index in [0.717, 1.165) is 27.6 Å². The third-order valence-electron chi connectivity index (χ3n) is 2.94. The number of rotatable bonds is 3. The molecule has 0 saturated heterocycles. The zero-order valence-corrected chi connectivity index (χ0v) is 13.2. The lowest BCUT2D eigenvalue weighted by Crippen LogP contribution is -2.15. The molecule has 1 heterocycles.